The highest BCUT2D eigenvalue weighted by molar-refractivity contribution is 7.14. The van der Waals surface area contributed by atoms with Crippen LogP contribution in [-0.4, -0.2) is 27.8 Å². The van der Waals surface area contributed by atoms with Crippen LogP contribution in [0.15, 0.2) is 30.3 Å². The molecule has 1 aromatic carbocycles. The van der Waals surface area contributed by atoms with Gasteiger partial charge in [0.25, 0.3) is 0 Å². The molecule has 1 N–H and O–H groups in total. The Balaban J connectivity index is 1.77. The summed E-state index contributed by atoms with van der Waals surface area (Å²) in [5.41, 5.74) is 3.89. The molecular formula is C20H22N4O2S. The van der Waals surface area contributed by atoms with E-state index in [-0.39, 0.29) is 18.4 Å². The van der Waals surface area contributed by atoms with Crippen molar-refractivity contribution < 1.29 is 9.53 Å². The first-order valence-electron chi connectivity index (χ1n) is 8.96. The van der Waals surface area contributed by atoms with Crippen LogP contribution in [-0.2, 0) is 22.5 Å². The van der Waals surface area contributed by atoms with Gasteiger partial charge in [0.1, 0.15) is 10.8 Å². The van der Waals surface area contributed by atoms with Gasteiger partial charge in [-0.25, -0.2) is 0 Å². The average molecular weight is 382 g/mol. The Labute approximate surface area is 162 Å². The van der Waals surface area contributed by atoms with E-state index in [0.29, 0.717) is 6.54 Å². The van der Waals surface area contributed by atoms with Gasteiger partial charge >= 0.3 is 5.97 Å². The lowest BCUT2D eigenvalue weighted by Crippen LogP contribution is -2.24. The van der Waals surface area contributed by atoms with Crippen molar-refractivity contribution >= 4 is 17.3 Å². The number of nitrogens with one attached hydrogen (secondary N) is 1. The number of hydrogen-bond acceptors (Lipinski definition) is 6. The Hall–Kier alpha value is -2.51. The third-order valence-electron chi connectivity index (χ3n) is 5.01. The van der Waals surface area contributed by atoms with E-state index in [1.165, 1.54) is 28.7 Å². The van der Waals surface area contributed by atoms with Gasteiger partial charge in [-0.05, 0) is 31.4 Å². The zero-order valence-corrected chi connectivity index (χ0v) is 16.5. The van der Waals surface area contributed by atoms with Crippen molar-refractivity contribution in [2.75, 3.05) is 7.11 Å². The number of carbonyl (C=O) groups is 1. The fraction of sp³-hybridized carbons (Fsp3) is 0.350. The molecule has 0 bridgehead atoms. The molecule has 3 aromatic rings. The van der Waals surface area contributed by atoms with E-state index in [1.807, 2.05) is 13.0 Å². The van der Waals surface area contributed by atoms with E-state index in [0.717, 1.165) is 23.1 Å². The highest BCUT2D eigenvalue weighted by Gasteiger charge is 2.30. The summed E-state index contributed by atoms with van der Waals surface area (Å²) in [5.74, 6) is 1.34. The standard InChI is InChI=1S/C20H22N4O2S/c1-12-15(9-14-7-5-4-6-8-14)16-11-21-17(10-18(25)26-3)19-23-22-13(2)24(19)20(16)27-12/h4-8,17,21H,9-11H2,1-3H3/t17-/m0/s1. The van der Waals surface area contributed by atoms with Crippen LogP contribution in [0.3, 0.4) is 0 Å². The van der Waals surface area contributed by atoms with Gasteiger partial charge in [0, 0.05) is 17.0 Å². The molecule has 27 heavy (non-hydrogen) atoms. The summed E-state index contributed by atoms with van der Waals surface area (Å²) in [6.07, 6.45) is 1.12. The van der Waals surface area contributed by atoms with Crippen molar-refractivity contribution in [2.45, 2.75) is 39.3 Å². The number of carbonyl (C=O) groups excluding carboxylic acids is 1. The lowest BCUT2D eigenvalue weighted by atomic mass is 10.0. The van der Waals surface area contributed by atoms with Crippen LogP contribution >= 0.6 is 11.3 Å². The van der Waals surface area contributed by atoms with Crippen molar-refractivity contribution in [1.29, 1.82) is 0 Å². The van der Waals surface area contributed by atoms with Crippen molar-refractivity contribution in [2.24, 2.45) is 0 Å². The predicted molar refractivity (Wildman–Crippen MR) is 104 cm³/mol. The van der Waals surface area contributed by atoms with Crippen LogP contribution in [0.25, 0.3) is 5.00 Å². The van der Waals surface area contributed by atoms with E-state index in [9.17, 15) is 4.79 Å². The molecule has 0 aliphatic carbocycles. The summed E-state index contributed by atoms with van der Waals surface area (Å²) in [7, 11) is 1.41. The van der Waals surface area contributed by atoms with Gasteiger partial charge in [0.2, 0.25) is 0 Å². The van der Waals surface area contributed by atoms with Crippen molar-refractivity contribution in [3.63, 3.8) is 0 Å². The molecule has 6 nitrogen and oxygen atoms in total. The van der Waals surface area contributed by atoms with Crippen LogP contribution in [0.5, 0.6) is 0 Å². The smallest absolute Gasteiger partial charge is 0.307 e. The molecule has 3 heterocycles. The van der Waals surface area contributed by atoms with Crippen LogP contribution in [0.2, 0.25) is 0 Å². The zero-order chi connectivity index (χ0) is 19.0. The average Bonchev–Trinajstić information content (AvgIpc) is 3.14. The highest BCUT2D eigenvalue weighted by Crippen LogP contribution is 2.37. The van der Waals surface area contributed by atoms with Crippen molar-refractivity contribution in [3.05, 3.63) is 63.5 Å². The minimum absolute atomic E-state index is 0.219. The number of rotatable bonds is 4. The highest BCUT2D eigenvalue weighted by atomic mass is 32.1. The number of benzene rings is 1. The zero-order valence-electron chi connectivity index (χ0n) is 15.7. The molecule has 4 rings (SSSR count). The molecule has 1 aliphatic heterocycles. The number of fused-ring (bicyclic) bond motifs is 3. The molecule has 140 valence electrons. The normalized spacial score (nSPS) is 15.7. The summed E-state index contributed by atoms with van der Waals surface area (Å²) in [4.78, 5) is 13.2. The fourth-order valence-electron chi connectivity index (χ4n) is 3.59. The molecule has 0 saturated heterocycles. The molecule has 0 fully saturated rings. The topological polar surface area (TPSA) is 69.0 Å². The molecule has 1 atom stereocenters. The van der Waals surface area contributed by atoms with Crippen LogP contribution < -0.4 is 5.32 Å². The lowest BCUT2D eigenvalue weighted by Gasteiger charge is -2.14. The van der Waals surface area contributed by atoms with E-state index in [4.69, 9.17) is 4.74 Å². The number of ether oxygens (including phenoxy) is 1. The van der Waals surface area contributed by atoms with Crippen LogP contribution in [0.4, 0.5) is 0 Å². The molecule has 0 radical (unpaired) electrons. The van der Waals surface area contributed by atoms with Gasteiger partial charge < -0.3 is 10.1 Å². The number of esters is 1. The quantitative estimate of drug-likeness (QED) is 0.702. The monoisotopic (exact) mass is 382 g/mol. The maximum Gasteiger partial charge on any atom is 0.307 e. The third-order valence-corrected chi connectivity index (χ3v) is 6.18. The number of hydrogen-bond donors (Lipinski definition) is 1. The Morgan fingerprint density at radius 3 is 2.81 bits per heavy atom. The maximum absolute atomic E-state index is 11.9. The van der Waals surface area contributed by atoms with Crippen LogP contribution in [0, 0.1) is 13.8 Å². The molecule has 1 aliphatic rings. The molecule has 2 aromatic heterocycles. The van der Waals surface area contributed by atoms with E-state index in [1.54, 1.807) is 11.3 Å². The first kappa shape index (κ1) is 17.9. The Bertz CT molecular complexity index is 978. The second kappa shape index (κ2) is 7.25. The third kappa shape index (κ3) is 3.28. The number of nitrogens with zero attached hydrogens (tertiary/aromatic N) is 3. The first-order valence-corrected chi connectivity index (χ1v) is 9.77. The van der Waals surface area contributed by atoms with Gasteiger partial charge in [0.15, 0.2) is 5.82 Å². The number of aromatic nitrogens is 3. The Morgan fingerprint density at radius 1 is 1.30 bits per heavy atom. The number of aryl methyl sites for hydroxylation is 2. The van der Waals surface area contributed by atoms with Gasteiger partial charge in [-0.2, -0.15) is 0 Å². The predicted octanol–water partition coefficient (Wildman–Crippen LogP) is 3.24. The second-order valence-corrected chi connectivity index (χ2v) is 7.94. The lowest BCUT2D eigenvalue weighted by molar-refractivity contribution is -0.141. The van der Waals surface area contributed by atoms with Crippen molar-refractivity contribution in [1.82, 2.24) is 20.1 Å². The summed E-state index contributed by atoms with van der Waals surface area (Å²) in [5, 5.41) is 13.3. The molecule has 0 amide bonds. The summed E-state index contributed by atoms with van der Waals surface area (Å²) < 4.78 is 6.95. The van der Waals surface area contributed by atoms with Gasteiger partial charge in [-0.15, -0.1) is 21.5 Å². The maximum atomic E-state index is 11.9. The fourth-order valence-corrected chi connectivity index (χ4v) is 4.83. The summed E-state index contributed by atoms with van der Waals surface area (Å²) in [6.45, 7) is 4.81. The van der Waals surface area contributed by atoms with E-state index in [2.05, 4.69) is 51.3 Å². The second-order valence-electron chi connectivity index (χ2n) is 6.74. The largest absolute Gasteiger partial charge is 0.469 e. The molecule has 0 unspecified atom stereocenters. The Morgan fingerprint density at radius 2 is 2.07 bits per heavy atom. The van der Waals surface area contributed by atoms with Gasteiger partial charge in [-0.1, -0.05) is 30.3 Å². The van der Waals surface area contributed by atoms with Crippen LogP contribution in [0.1, 0.15) is 45.7 Å². The SMILES string of the molecule is COC(=O)C[C@@H]1NCc2c(sc(C)c2Cc2ccccc2)-n2c(C)nnc21. The van der Waals surface area contributed by atoms with E-state index < -0.39 is 0 Å². The minimum atomic E-state index is -0.259. The summed E-state index contributed by atoms with van der Waals surface area (Å²) >= 11 is 1.76. The molecule has 0 spiro atoms. The van der Waals surface area contributed by atoms with Gasteiger partial charge in [0.05, 0.1) is 19.6 Å². The minimum Gasteiger partial charge on any atom is -0.469 e. The number of methoxy groups -OCH3 is 1. The molecule has 0 saturated carbocycles. The Kier molecular flexibility index (Phi) is 4.80. The van der Waals surface area contributed by atoms with E-state index >= 15 is 0 Å². The summed E-state index contributed by atoms with van der Waals surface area (Å²) in [6, 6.07) is 10.3. The van der Waals surface area contributed by atoms with Gasteiger partial charge in [-0.3, -0.25) is 9.36 Å². The molecule has 7 heteroatoms. The first-order chi connectivity index (χ1) is 13.1. The van der Waals surface area contributed by atoms with Crippen molar-refractivity contribution in [3.8, 4) is 5.00 Å². The number of thiophene rings is 1. The molecular weight excluding hydrogens is 360 g/mol.